The van der Waals surface area contributed by atoms with E-state index in [4.69, 9.17) is 9.47 Å². The zero-order chi connectivity index (χ0) is 21.0. The molecule has 3 N–H and O–H groups in total. The Hall–Kier alpha value is -3.81. The van der Waals surface area contributed by atoms with Crippen LogP contribution in [0.1, 0.15) is 33.3 Å². The molecule has 1 heterocycles. The number of carboxylic acids is 1. The highest BCUT2D eigenvalue weighted by molar-refractivity contribution is 6.11. The third-order valence-electron chi connectivity index (χ3n) is 4.35. The van der Waals surface area contributed by atoms with Crippen molar-refractivity contribution in [1.29, 1.82) is 0 Å². The van der Waals surface area contributed by atoms with Crippen LogP contribution in [0.3, 0.4) is 0 Å². The highest BCUT2D eigenvalue weighted by Crippen LogP contribution is 2.31. The molecule has 2 aromatic carbocycles. The Morgan fingerprint density at radius 3 is 2.59 bits per heavy atom. The number of anilines is 1. The number of aromatic nitrogens is 1. The third-order valence-corrected chi connectivity index (χ3v) is 4.35. The molecule has 29 heavy (non-hydrogen) atoms. The van der Waals surface area contributed by atoms with E-state index in [2.05, 4.69) is 10.3 Å². The molecule has 0 atom stereocenters. The molecule has 0 saturated heterocycles. The molecule has 1 amide bonds. The van der Waals surface area contributed by atoms with Gasteiger partial charge in [0.1, 0.15) is 11.4 Å². The summed E-state index contributed by atoms with van der Waals surface area (Å²) in [6, 6.07) is 11.4. The number of carbonyl (C=O) groups excluding carboxylic acids is 2. The topological polar surface area (TPSA) is 118 Å². The van der Waals surface area contributed by atoms with Crippen LogP contribution in [0.4, 0.5) is 5.69 Å². The molecule has 0 bridgehead atoms. The van der Waals surface area contributed by atoms with Gasteiger partial charge in [-0.25, -0.2) is 9.59 Å². The number of hydrogen-bond acceptors (Lipinski definition) is 5. The number of amides is 1. The summed E-state index contributed by atoms with van der Waals surface area (Å²) in [6.45, 7) is 1.86. The first-order valence-electron chi connectivity index (χ1n) is 8.92. The second-order valence-corrected chi connectivity index (χ2v) is 6.19. The molecule has 0 radical (unpaired) electrons. The summed E-state index contributed by atoms with van der Waals surface area (Å²) < 4.78 is 10.3. The van der Waals surface area contributed by atoms with Crippen molar-refractivity contribution in [2.75, 3.05) is 19.0 Å². The largest absolute Gasteiger partial charge is 0.497 e. The number of ether oxygens (including phenoxy) is 2. The highest BCUT2D eigenvalue weighted by Gasteiger charge is 2.22. The minimum atomic E-state index is -1.11. The lowest BCUT2D eigenvalue weighted by atomic mass is 10.0. The number of aromatic carboxylic acids is 1. The predicted octanol–water partition coefficient (Wildman–Crippen LogP) is 3.23. The molecule has 3 rings (SSSR count). The predicted molar refractivity (Wildman–Crippen MR) is 107 cm³/mol. The standard InChI is InChI=1S/C21H20N2O6/c1-3-29-21(27)19-18(15-11-13(28-2)8-9-16(15)22-19)23-17(24)10-12-6-4-5-7-14(12)20(25)26/h4-9,11,22H,3,10H2,1-2H3,(H,23,24)(H,25,26). The average Bonchev–Trinajstić information content (AvgIpc) is 3.06. The SMILES string of the molecule is CCOC(=O)c1[nH]c2ccc(OC)cc2c1NC(=O)Cc1ccccc1C(=O)O. The summed E-state index contributed by atoms with van der Waals surface area (Å²) in [5, 5.41) is 12.6. The van der Waals surface area contributed by atoms with Gasteiger partial charge in [-0.1, -0.05) is 18.2 Å². The summed E-state index contributed by atoms with van der Waals surface area (Å²) in [4.78, 5) is 39.4. The number of nitrogens with one attached hydrogen (secondary N) is 2. The summed E-state index contributed by atoms with van der Waals surface area (Å²) in [5.41, 5.74) is 1.40. The van der Waals surface area contributed by atoms with Gasteiger partial charge >= 0.3 is 11.9 Å². The first-order valence-corrected chi connectivity index (χ1v) is 8.92. The molecule has 0 aliphatic heterocycles. The quantitative estimate of drug-likeness (QED) is 0.528. The van der Waals surface area contributed by atoms with Crippen molar-refractivity contribution in [1.82, 2.24) is 4.98 Å². The van der Waals surface area contributed by atoms with Gasteiger partial charge in [0.25, 0.3) is 0 Å². The zero-order valence-corrected chi connectivity index (χ0v) is 15.9. The highest BCUT2D eigenvalue weighted by atomic mass is 16.5. The molecule has 1 aromatic heterocycles. The van der Waals surface area contributed by atoms with Crippen LogP contribution in [0, 0.1) is 0 Å². The lowest BCUT2D eigenvalue weighted by Gasteiger charge is -2.09. The van der Waals surface area contributed by atoms with E-state index in [0.29, 0.717) is 22.2 Å². The van der Waals surface area contributed by atoms with Crippen molar-refractivity contribution in [3.05, 3.63) is 59.3 Å². The van der Waals surface area contributed by atoms with E-state index in [1.54, 1.807) is 43.3 Å². The minimum absolute atomic E-state index is 0.0499. The van der Waals surface area contributed by atoms with Crippen LogP contribution in [0.15, 0.2) is 42.5 Å². The Labute approximate surface area is 166 Å². The third kappa shape index (κ3) is 4.21. The first-order chi connectivity index (χ1) is 13.9. The van der Waals surface area contributed by atoms with Gasteiger partial charge in [0, 0.05) is 10.9 Å². The lowest BCUT2D eigenvalue weighted by Crippen LogP contribution is -2.18. The molecule has 0 unspecified atom stereocenters. The Bertz CT molecular complexity index is 1090. The molecule has 0 spiro atoms. The van der Waals surface area contributed by atoms with Crippen LogP contribution >= 0.6 is 0 Å². The number of H-pyrrole nitrogens is 1. The van der Waals surface area contributed by atoms with Gasteiger partial charge in [0.05, 0.1) is 31.4 Å². The molecule has 0 aliphatic carbocycles. The molecule has 0 fully saturated rings. The second kappa shape index (κ2) is 8.47. The van der Waals surface area contributed by atoms with Crippen molar-refractivity contribution in [3.63, 3.8) is 0 Å². The number of carbonyl (C=O) groups is 3. The Morgan fingerprint density at radius 1 is 1.14 bits per heavy atom. The monoisotopic (exact) mass is 396 g/mol. The molecule has 8 heteroatoms. The maximum absolute atomic E-state index is 12.7. The van der Waals surface area contributed by atoms with Crippen LogP contribution in [0.2, 0.25) is 0 Å². The molecule has 150 valence electrons. The van der Waals surface area contributed by atoms with Gasteiger partial charge in [-0.3, -0.25) is 4.79 Å². The maximum Gasteiger partial charge on any atom is 0.356 e. The number of fused-ring (bicyclic) bond motifs is 1. The van der Waals surface area contributed by atoms with Crippen LogP contribution in [-0.2, 0) is 16.0 Å². The second-order valence-electron chi connectivity index (χ2n) is 6.19. The normalized spacial score (nSPS) is 10.6. The van der Waals surface area contributed by atoms with Crippen molar-refractivity contribution in [3.8, 4) is 5.75 Å². The van der Waals surface area contributed by atoms with E-state index in [-0.39, 0.29) is 30.0 Å². The van der Waals surface area contributed by atoms with Gasteiger partial charge in [-0.2, -0.15) is 0 Å². The number of esters is 1. The molecule has 8 nitrogen and oxygen atoms in total. The Morgan fingerprint density at radius 2 is 1.90 bits per heavy atom. The molecule has 3 aromatic rings. The summed E-state index contributed by atoms with van der Waals surface area (Å²) in [6.07, 6.45) is -0.165. The van der Waals surface area contributed by atoms with Gasteiger partial charge in [-0.05, 0) is 36.8 Å². The van der Waals surface area contributed by atoms with Crippen LogP contribution in [0.5, 0.6) is 5.75 Å². The number of methoxy groups -OCH3 is 1. The molecule has 0 saturated carbocycles. The van der Waals surface area contributed by atoms with Crippen LogP contribution in [0.25, 0.3) is 10.9 Å². The zero-order valence-electron chi connectivity index (χ0n) is 15.9. The minimum Gasteiger partial charge on any atom is -0.497 e. The van der Waals surface area contributed by atoms with Crippen LogP contribution < -0.4 is 10.1 Å². The number of hydrogen-bond donors (Lipinski definition) is 3. The maximum atomic E-state index is 12.7. The fourth-order valence-corrected chi connectivity index (χ4v) is 3.02. The molecule has 0 aliphatic rings. The Kier molecular flexibility index (Phi) is 5.82. The summed E-state index contributed by atoms with van der Waals surface area (Å²) in [5.74, 6) is -1.63. The van der Waals surface area contributed by atoms with Crippen molar-refractivity contribution >= 4 is 34.4 Å². The van der Waals surface area contributed by atoms with Gasteiger partial charge in [0.15, 0.2) is 0 Å². The number of benzene rings is 2. The van der Waals surface area contributed by atoms with Crippen molar-refractivity contribution in [2.45, 2.75) is 13.3 Å². The van der Waals surface area contributed by atoms with E-state index >= 15 is 0 Å². The van der Waals surface area contributed by atoms with E-state index in [1.165, 1.54) is 13.2 Å². The van der Waals surface area contributed by atoms with E-state index < -0.39 is 17.8 Å². The van der Waals surface area contributed by atoms with Gasteiger partial charge in [-0.15, -0.1) is 0 Å². The first kappa shape index (κ1) is 19.9. The molecular formula is C21H20N2O6. The fourth-order valence-electron chi connectivity index (χ4n) is 3.02. The van der Waals surface area contributed by atoms with Crippen molar-refractivity contribution in [2.24, 2.45) is 0 Å². The van der Waals surface area contributed by atoms with Crippen molar-refractivity contribution < 1.29 is 29.0 Å². The van der Waals surface area contributed by atoms with E-state index in [0.717, 1.165) is 0 Å². The number of rotatable bonds is 7. The van der Waals surface area contributed by atoms with Crippen LogP contribution in [-0.4, -0.2) is 41.7 Å². The van der Waals surface area contributed by atoms with E-state index in [1.807, 2.05) is 0 Å². The summed E-state index contributed by atoms with van der Waals surface area (Å²) >= 11 is 0. The molecular weight excluding hydrogens is 376 g/mol. The number of aromatic amines is 1. The average molecular weight is 396 g/mol. The smallest absolute Gasteiger partial charge is 0.356 e. The number of carboxylic acid groups (broad SMARTS) is 1. The Balaban J connectivity index is 1.97. The van der Waals surface area contributed by atoms with Gasteiger partial charge < -0.3 is 24.9 Å². The summed E-state index contributed by atoms with van der Waals surface area (Å²) in [7, 11) is 1.52. The van der Waals surface area contributed by atoms with E-state index in [9.17, 15) is 19.5 Å². The lowest BCUT2D eigenvalue weighted by molar-refractivity contribution is -0.115. The fraction of sp³-hybridized carbons (Fsp3) is 0.190. The van der Waals surface area contributed by atoms with Gasteiger partial charge in [0.2, 0.25) is 5.91 Å².